The van der Waals surface area contributed by atoms with E-state index in [-0.39, 0.29) is 0 Å². The van der Waals surface area contributed by atoms with Crippen molar-refractivity contribution in [3.63, 3.8) is 0 Å². The minimum Gasteiger partial charge on any atom is -0.369 e. The van der Waals surface area contributed by atoms with Gasteiger partial charge in [-0.3, -0.25) is 9.67 Å². The van der Waals surface area contributed by atoms with Gasteiger partial charge in [0, 0.05) is 13.6 Å². The summed E-state index contributed by atoms with van der Waals surface area (Å²) in [6.45, 7) is 4.85. The number of anilines is 1. The predicted molar refractivity (Wildman–Crippen MR) is 68.3 cm³/mol. The van der Waals surface area contributed by atoms with Crippen molar-refractivity contribution in [2.45, 2.75) is 23.9 Å². The number of nitrogens with zero attached hydrogens (tertiary/aromatic N) is 4. The van der Waals surface area contributed by atoms with Crippen LogP contribution in [-0.4, -0.2) is 26.3 Å². The third kappa shape index (κ3) is 2.97. The summed E-state index contributed by atoms with van der Waals surface area (Å²) in [6.07, 6.45) is 3.48. The van der Waals surface area contributed by atoms with Crippen LogP contribution in [0.1, 0.15) is 12.6 Å². The number of hydrogen-bond acceptors (Lipinski definition) is 5. The maximum atomic E-state index is 4.46. The fourth-order valence-electron chi connectivity index (χ4n) is 1.45. The van der Waals surface area contributed by atoms with Gasteiger partial charge < -0.3 is 5.32 Å². The largest absolute Gasteiger partial charge is 0.369 e. The zero-order valence-electron chi connectivity index (χ0n) is 10.1. The first-order chi connectivity index (χ1) is 8.19. The summed E-state index contributed by atoms with van der Waals surface area (Å²) in [7, 11) is 1.93. The van der Waals surface area contributed by atoms with Crippen molar-refractivity contribution in [3.05, 3.63) is 24.2 Å². The third-order valence-corrected chi connectivity index (χ3v) is 3.14. The van der Waals surface area contributed by atoms with Crippen molar-refractivity contribution in [2.24, 2.45) is 7.05 Å². The topological polar surface area (TPSA) is 55.6 Å². The molecule has 0 unspecified atom stereocenters. The third-order valence-electron chi connectivity index (χ3n) is 2.14. The maximum Gasteiger partial charge on any atom is 0.145 e. The normalized spacial score (nSPS) is 10.5. The first kappa shape index (κ1) is 11.9. The van der Waals surface area contributed by atoms with Crippen molar-refractivity contribution in [1.82, 2.24) is 19.7 Å². The lowest BCUT2D eigenvalue weighted by molar-refractivity contribution is 0.692. The summed E-state index contributed by atoms with van der Waals surface area (Å²) in [4.78, 5) is 8.62. The molecule has 2 aromatic rings. The number of rotatable bonds is 4. The molecule has 2 heterocycles. The molecule has 0 radical (unpaired) electrons. The van der Waals surface area contributed by atoms with E-state index in [1.807, 2.05) is 31.6 Å². The molecule has 6 heteroatoms. The SMILES string of the molecule is CCNc1cncc(Sc2cc(C)nn2C)n1. The highest BCUT2D eigenvalue weighted by Gasteiger charge is 2.06. The second-order valence-electron chi connectivity index (χ2n) is 3.62. The van der Waals surface area contributed by atoms with Gasteiger partial charge in [-0.2, -0.15) is 5.10 Å². The lowest BCUT2D eigenvalue weighted by atomic mass is 10.5. The summed E-state index contributed by atoms with van der Waals surface area (Å²) >= 11 is 1.56. The van der Waals surface area contributed by atoms with Crippen molar-refractivity contribution >= 4 is 17.6 Å². The molecule has 0 fully saturated rings. The van der Waals surface area contributed by atoms with Crippen LogP contribution in [0, 0.1) is 6.92 Å². The minimum absolute atomic E-state index is 0.802. The molecule has 0 spiro atoms. The fourth-order valence-corrected chi connectivity index (χ4v) is 2.33. The second kappa shape index (κ2) is 5.18. The van der Waals surface area contributed by atoms with Crippen molar-refractivity contribution < 1.29 is 0 Å². The molecule has 2 rings (SSSR count). The molecule has 0 aliphatic rings. The quantitative estimate of drug-likeness (QED) is 0.899. The Bertz CT molecular complexity index is 508. The van der Waals surface area contributed by atoms with E-state index in [0.717, 1.165) is 28.1 Å². The van der Waals surface area contributed by atoms with Gasteiger partial charge in [0.2, 0.25) is 0 Å². The highest BCUT2D eigenvalue weighted by atomic mass is 32.2. The van der Waals surface area contributed by atoms with Gasteiger partial charge in [-0.25, -0.2) is 4.98 Å². The van der Waals surface area contributed by atoms with Gasteiger partial charge in [-0.15, -0.1) is 0 Å². The molecule has 0 amide bonds. The van der Waals surface area contributed by atoms with Crippen molar-refractivity contribution in [3.8, 4) is 0 Å². The summed E-state index contributed by atoms with van der Waals surface area (Å²) in [5, 5.41) is 9.37. The van der Waals surface area contributed by atoms with E-state index in [2.05, 4.69) is 20.4 Å². The first-order valence-electron chi connectivity index (χ1n) is 5.43. The van der Waals surface area contributed by atoms with Crippen molar-refractivity contribution in [1.29, 1.82) is 0 Å². The molecule has 0 saturated carbocycles. The van der Waals surface area contributed by atoms with Crippen LogP contribution in [0.5, 0.6) is 0 Å². The first-order valence-corrected chi connectivity index (χ1v) is 6.25. The van der Waals surface area contributed by atoms with Gasteiger partial charge in [0.25, 0.3) is 0 Å². The molecule has 0 aromatic carbocycles. The van der Waals surface area contributed by atoms with E-state index >= 15 is 0 Å². The molecule has 17 heavy (non-hydrogen) atoms. The molecule has 0 aliphatic heterocycles. The van der Waals surface area contributed by atoms with Crippen LogP contribution in [0.3, 0.4) is 0 Å². The van der Waals surface area contributed by atoms with Gasteiger partial charge in [-0.05, 0) is 31.7 Å². The molecule has 0 saturated heterocycles. The summed E-state index contributed by atoms with van der Waals surface area (Å²) in [5.74, 6) is 0.802. The zero-order valence-corrected chi connectivity index (χ0v) is 11.0. The van der Waals surface area contributed by atoms with Crippen LogP contribution < -0.4 is 5.32 Å². The van der Waals surface area contributed by atoms with Crippen LogP contribution in [0.4, 0.5) is 5.82 Å². The zero-order chi connectivity index (χ0) is 12.3. The van der Waals surface area contributed by atoms with Gasteiger partial charge >= 0.3 is 0 Å². The molecular weight excluding hydrogens is 234 g/mol. The fraction of sp³-hybridized carbons (Fsp3) is 0.364. The van der Waals surface area contributed by atoms with Gasteiger partial charge in [0.05, 0.1) is 18.1 Å². The lowest BCUT2D eigenvalue weighted by Gasteiger charge is -2.04. The number of aromatic nitrogens is 4. The highest BCUT2D eigenvalue weighted by Crippen LogP contribution is 2.26. The Hall–Kier alpha value is -1.56. The molecular formula is C11H15N5S. The van der Waals surface area contributed by atoms with Crippen LogP contribution in [0.25, 0.3) is 0 Å². The number of hydrogen-bond donors (Lipinski definition) is 1. The number of aryl methyl sites for hydroxylation is 2. The van der Waals surface area contributed by atoms with Crippen LogP contribution >= 0.6 is 11.8 Å². The Labute approximate surface area is 105 Å². The average molecular weight is 249 g/mol. The molecule has 1 N–H and O–H groups in total. The molecule has 5 nitrogen and oxygen atoms in total. The standard InChI is InChI=1S/C11H15N5S/c1-4-13-9-6-12-7-10(14-9)17-11-5-8(2)15-16(11)3/h5-7H,4H2,1-3H3,(H,13,14). The van der Waals surface area contributed by atoms with E-state index < -0.39 is 0 Å². The summed E-state index contributed by atoms with van der Waals surface area (Å²) < 4.78 is 1.85. The Morgan fingerprint density at radius 2 is 2.24 bits per heavy atom. The van der Waals surface area contributed by atoms with E-state index in [9.17, 15) is 0 Å². The predicted octanol–water partition coefficient (Wildman–Crippen LogP) is 2.10. The summed E-state index contributed by atoms with van der Waals surface area (Å²) in [6, 6.07) is 2.03. The molecule has 0 bridgehead atoms. The van der Waals surface area contributed by atoms with E-state index in [1.165, 1.54) is 0 Å². The minimum atomic E-state index is 0.802. The Balaban J connectivity index is 2.18. The Kier molecular flexibility index (Phi) is 3.63. The highest BCUT2D eigenvalue weighted by molar-refractivity contribution is 7.99. The smallest absolute Gasteiger partial charge is 0.145 e. The number of nitrogens with one attached hydrogen (secondary N) is 1. The van der Waals surface area contributed by atoms with Crippen LogP contribution in [-0.2, 0) is 7.05 Å². The van der Waals surface area contributed by atoms with Gasteiger partial charge in [0.15, 0.2) is 0 Å². The second-order valence-corrected chi connectivity index (χ2v) is 4.66. The Morgan fingerprint density at radius 3 is 2.88 bits per heavy atom. The monoisotopic (exact) mass is 249 g/mol. The van der Waals surface area contributed by atoms with Crippen molar-refractivity contribution in [2.75, 3.05) is 11.9 Å². The van der Waals surface area contributed by atoms with Gasteiger partial charge in [-0.1, -0.05) is 0 Å². The van der Waals surface area contributed by atoms with Crippen LogP contribution in [0.2, 0.25) is 0 Å². The average Bonchev–Trinajstić information content (AvgIpc) is 2.58. The lowest BCUT2D eigenvalue weighted by Crippen LogP contribution is -2.00. The Morgan fingerprint density at radius 1 is 1.41 bits per heavy atom. The van der Waals surface area contributed by atoms with Crippen LogP contribution in [0.15, 0.2) is 28.5 Å². The summed E-state index contributed by atoms with van der Waals surface area (Å²) in [5.41, 5.74) is 1.01. The molecule has 0 atom stereocenters. The van der Waals surface area contributed by atoms with E-state index in [1.54, 1.807) is 24.2 Å². The molecule has 90 valence electrons. The van der Waals surface area contributed by atoms with Gasteiger partial charge in [0.1, 0.15) is 15.9 Å². The maximum absolute atomic E-state index is 4.46. The van der Waals surface area contributed by atoms with E-state index in [4.69, 9.17) is 0 Å². The van der Waals surface area contributed by atoms with E-state index in [0.29, 0.717) is 0 Å². The molecule has 0 aliphatic carbocycles. The molecule has 2 aromatic heterocycles.